The molecular weight excluding hydrogens is 216 g/mol. The van der Waals surface area contributed by atoms with E-state index in [1.807, 2.05) is 6.92 Å². The summed E-state index contributed by atoms with van der Waals surface area (Å²) in [7, 11) is 0. The predicted octanol–water partition coefficient (Wildman–Crippen LogP) is 1.43. The maximum Gasteiger partial charge on any atom is 0.237 e. The molecule has 1 aliphatic rings. The molecule has 0 spiro atoms. The lowest BCUT2D eigenvalue weighted by atomic mass is 9.97. The van der Waals surface area contributed by atoms with Crippen LogP contribution in [0.3, 0.4) is 0 Å². The highest BCUT2D eigenvalue weighted by atomic mass is 16.5. The van der Waals surface area contributed by atoms with Crippen LogP contribution in [0.4, 0.5) is 0 Å². The van der Waals surface area contributed by atoms with Crippen molar-refractivity contribution in [3.63, 3.8) is 0 Å². The van der Waals surface area contributed by atoms with Crippen LogP contribution >= 0.6 is 0 Å². The molecule has 4 heteroatoms. The van der Waals surface area contributed by atoms with Crippen molar-refractivity contribution in [3.05, 3.63) is 0 Å². The third-order valence-electron chi connectivity index (χ3n) is 3.57. The van der Waals surface area contributed by atoms with E-state index in [9.17, 15) is 4.79 Å². The minimum absolute atomic E-state index is 0.216. The summed E-state index contributed by atoms with van der Waals surface area (Å²) in [6, 6.07) is 0.468. The average molecular weight is 242 g/mol. The van der Waals surface area contributed by atoms with Gasteiger partial charge in [0.05, 0.1) is 11.6 Å². The van der Waals surface area contributed by atoms with Crippen molar-refractivity contribution in [2.45, 2.75) is 64.6 Å². The minimum atomic E-state index is -0.627. The molecule has 0 aliphatic heterocycles. The van der Waals surface area contributed by atoms with Crippen LogP contribution in [0.5, 0.6) is 0 Å². The van der Waals surface area contributed by atoms with E-state index in [0.29, 0.717) is 25.0 Å². The Morgan fingerprint density at radius 2 is 2.06 bits per heavy atom. The van der Waals surface area contributed by atoms with E-state index < -0.39 is 5.54 Å². The Morgan fingerprint density at radius 1 is 1.47 bits per heavy atom. The molecule has 0 bridgehead atoms. The second-order valence-electron chi connectivity index (χ2n) is 5.68. The molecule has 0 aromatic rings. The molecule has 2 atom stereocenters. The van der Waals surface area contributed by atoms with Gasteiger partial charge in [0.2, 0.25) is 5.91 Å². The monoisotopic (exact) mass is 242 g/mol. The van der Waals surface area contributed by atoms with Gasteiger partial charge in [-0.3, -0.25) is 4.79 Å². The van der Waals surface area contributed by atoms with Gasteiger partial charge in [0, 0.05) is 12.6 Å². The van der Waals surface area contributed by atoms with Crippen LogP contribution in [0.1, 0.15) is 47.0 Å². The van der Waals surface area contributed by atoms with Crippen molar-refractivity contribution in [2.75, 3.05) is 6.61 Å². The molecule has 1 aliphatic carbocycles. The lowest BCUT2D eigenvalue weighted by Crippen LogP contribution is -2.54. The summed E-state index contributed by atoms with van der Waals surface area (Å²) in [5, 5.41) is 3.32. The van der Waals surface area contributed by atoms with Crippen LogP contribution in [-0.2, 0) is 9.53 Å². The van der Waals surface area contributed by atoms with Crippen LogP contribution < -0.4 is 11.1 Å². The van der Waals surface area contributed by atoms with Gasteiger partial charge in [0.15, 0.2) is 0 Å². The van der Waals surface area contributed by atoms with Crippen molar-refractivity contribution < 1.29 is 9.53 Å². The van der Waals surface area contributed by atoms with Gasteiger partial charge in [-0.2, -0.15) is 0 Å². The minimum Gasteiger partial charge on any atom is -0.378 e. The lowest BCUT2D eigenvalue weighted by Gasteiger charge is -2.28. The van der Waals surface area contributed by atoms with Gasteiger partial charge in [-0.05, 0) is 39.0 Å². The molecule has 0 aromatic heterocycles. The number of nitrogens with one attached hydrogen (secondary N) is 1. The first-order valence-electron chi connectivity index (χ1n) is 6.54. The quantitative estimate of drug-likeness (QED) is 0.677. The fourth-order valence-corrected chi connectivity index (χ4v) is 1.59. The summed E-state index contributed by atoms with van der Waals surface area (Å²) >= 11 is 0. The summed E-state index contributed by atoms with van der Waals surface area (Å²) < 4.78 is 5.70. The lowest BCUT2D eigenvalue weighted by molar-refractivity contribution is -0.125. The second-order valence-corrected chi connectivity index (χ2v) is 5.68. The predicted molar refractivity (Wildman–Crippen MR) is 68.6 cm³/mol. The standard InChI is InChI=1S/C13H26N2O2/c1-9(2)10(3)17-8-7-13(4,12(14)16)15-11-5-6-11/h9-11,15H,5-8H2,1-4H3,(H2,14,16). The van der Waals surface area contributed by atoms with Gasteiger partial charge in [-0.15, -0.1) is 0 Å². The fourth-order valence-electron chi connectivity index (χ4n) is 1.59. The van der Waals surface area contributed by atoms with Crippen LogP contribution in [0.25, 0.3) is 0 Å². The van der Waals surface area contributed by atoms with E-state index in [1.54, 1.807) is 0 Å². The summed E-state index contributed by atoms with van der Waals surface area (Å²) in [4.78, 5) is 11.5. The first kappa shape index (κ1) is 14.5. The Labute approximate surface area is 104 Å². The molecule has 0 heterocycles. The van der Waals surface area contributed by atoms with Gasteiger partial charge >= 0.3 is 0 Å². The fraction of sp³-hybridized carbons (Fsp3) is 0.923. The van der Waals surface area contributed by atoms with E-state index in [0.717, 1.165) is 12.8 Å². The number of hydrogen-bond donors (Lipinski definition) is 2. The van der Waals surface area contributed by atoms with Crippen molar-refractivity contribution >= 4 is 5.91 Å². The molecule has 1 fully saturated rings. The third kappa shape index (κ3) is 4.64. The SMILES string of the molecule is CC(C)C(C)OCCC(C)(NC1CC1)C(N)=O. The summed E-state index contributed by atoms with van der Waals surface area (Å²) in [6.45, 7) is 8.75. The molecule has 0 aromatic carbocycles. The smallest absolute Gasteiger partial charge is 0.237 e. The van der Waals surface area contributed by atoms with E-state index in [1.165, 1.54) is 0 Å². The maximum absolute atomic E-state index is 11.5. The maximum atomic E-state index is 11.5. The molecule has 100 valence electrons. The zero-order chi connectivity index (χ0) is 13.1. The summed E-state index contributed by atoms with van der Waals surface area (Å²) in [5.74, 6) is 0.205. The van der Waals surface area contributed by atoms with E-state index >= 15 is 0 Å². The first-order chi connectivity index (χ1) is 7.85. The first-order valence-corrected chi connectivity index (χ1v) is 6.54. The van der Waals surface area contributed by atoms with Gasteiger partial charge < -0.3 is 15.8 Å². The number of carbonyl (C=O) groups is 1. The third-order valence-corrected chi connectivity index (χ3v) is 3.57. The Bertz CT molecular complexity index is 264. The van der Waals surface area contributed by atoms with Gasteiger partial charge in [-0.1, -0.05) is 13.8 Å². The normalized spacial score (nSPS) is 21.2. The molecular formula is C13H26N2O2. The second kappa shape index (κ2) is 5.83. The topological polar surface area (TPSA) is 64.3 Å². The van der Waals surface area contributed by atoms with Gasteiger partial charge in [0.1, 0.15) is 0 Å². The number of ether oxygens (including phenoxy) is 1. The molecule has 1 rings (SSSR count). The molecule has 3 N–H and O–H groups in total. The largest absolute Gasteiger partial charge is 0.378 e. The molecule has 2 unspecified atom stereocenters. The number of rotatable bonds is 8. The Hall–Kier alpha value is -0.610. The molecule has 0 saturated heterocycles. The van der Waals surface area contributed by atoms with Crippen LogP contribution in [0.2, 0.25) is 0 Å². The average Bonchev–Trinajstić information content (AvgIpc) is 3.00. The van der Waals surface area contributed by atoms with Gasteiger partial charge in [-0.25, -0.2) is 0 Å². The number of nitrogens with two attached hydrogens (primary N) is 1. The number of hydrogen-bond acceptors (Lipinski definition) is 3. The number of primary amides is 1. The van der Waals surface area contributed by atoms with Crippen molar-refractivity contribution in [1.82, 2.24) is 5.32 Å². The van der Waals surface area contributed by atoms with Crippen molar-refractivity contribution in [3.8, 4) is 0 Å². The highest BCUT2D eigenvalue weighted by Crippen LogP contribution is 2.24. The van der Waals surface area contributed by atoms with Crippen molar-refractivity contribution in [1.29, 1.82) is 0 Å². The number of amides is 1. The van der Waals surface area contributed by atoms with Crippen LogP contribution in [-0.4, -0.2) is 30.2 Å². The van der Waals surface area contributed by atoms with Gasteiger partial charge in [0.25, 0.3) is 0 Å². The van der Waals surface area contributed by atoms with Crippen molar-refractivity contribution in [2.24, 2.45) is 11.7 Å². The van der Waals surface area contributed by atoms with E-state index in [2.05, 4.69) is 26.1 Å². The van der Waals surface area contributed by atoms with Crippen LogP contribution in [0.15, 0.2) is 0 Å². The Balaban J connectivity index is 2.36. The zero-order valence-electron chi connectivity index (χ0n) is 11.5. The number of carbonyl (C=O) groups excluding carboxylic acids is 1. The summed E-state index contributed by atoms with van der Waals surface area (Å²) in [5.41, 5.74) is 4.84. The molecule has 4 nitrogen and oxygen atoms in total. The Morgan fingerprint density at radius 3 is 2.47 bits per heavy atom. The van der Waals surface area contributed by atoms with Crippen LogP contribution in [0, 0.1) is 5.92 Å². The molecule has 0 radical (unpaired) electrons. The molecule has 1 saturated carbocycles. The highest BCUT2D eigenvalue weighted by molar-refractivity contribution is 5.84. The molecule has 1 amide bonds. The molecule has 17 heavy (non-hydrogen) atoms. The highest BCUT2D eigenvalue weighted by Gasteiger charge is 2.36. The summed E-state index contributed by atoms with van der Waals surface area (Å²) in [6.07, 6.45) is 3.14. The van der Waals surface area contributed by atoms with E-state index in [-0.39, 0.29) is 12.0 Å². The van der Waals surface area contributed by atoms with E-state index in [4.69, 9.17) is 10.5 Å². The Kier molecular flexibility index (Phi) is 4.95. The zero-order valence-corrected chi connectivity index (χ0v) is 11.5.